The number of thiazole rings is 1. The predicted octanol–water partition coefficient (Wildman–Crippen LogP) is 4.28. The molecular weight excluding hydrogens is 388 g/mol. The number of aromatic nitrogens is 2. The number of nitrogens with zero attached hydrogens (tertiary/aromatic N) is 3. The third-order valence-corrected chi connectivity index (χ3v) is 5.87. The largest absolute Gasteiger partial charge is 0.459 e. The monoisotopic (exact) mass is 412 g/mol. The lowest BCUT2D eigenvalue weighted by Gasteiger charge is -2.36. The Bertz CT molecular complexity index is 1000. The predicted molar refractivity (Wildman–Crippen MR) is 114 cm³/mol. The molecule has 152 valence electrons. The summed E-state index contributed by atoms with van der Waals surface area (Å²) in [6.45, 7) is 9.44. The maximum Gasteiger partial charge on any atom is 0.267 e. The average Bonchev–Trinajstić information content (AvgIpc) is 3.27. The average molecular weight is 413 g/mol. The molecule has 1 saturated heterocycles. The summed E-state index contributed by atoms with van der Waals surface area (Å²) in [5, 5.41) is 3.61. The van der Waals surface area contributed by atoms with E-state index in [-0.39, 0.29) is 18.1 Å². The lowest BCUT2D eigenvalue weighted by atomic mass is 10.2. The number of ether oxygens (including phenoxy) is 1. The highest BCUT2D eigenvalue weighted by Gasteiger charge is 2.23. The second-order valence-electron chi connectivity index (χ2n) is 7.37. The van der Waals surface area contributed by atoms with Crippen molar-refractivity contribution in [3.05, 3.63) is 46.8 Å². The van der Waals surface area contributed by atoms with E-state index in [1.807, 2.05) is 38.1 Å². The first-order valence-electron chi connectivity index (χ1n) is 9.61. The molecule has 0 aliphatic carbocycles. The molecule has 4 heterocycles. The second-order valence-corrected chi connectivity index (χ2v) is 8.36. The van der Waals surface area contributed by atoms with E-state index in [2.05, 4.69) is 34.0 Å². The highest BCUT2D eigenvalue weighted by atomic mass is 32.1. The quantitative estimate of drug-likeness (QED) is 0.689. The SMILES string of the molecule is Cc1ccc(-c2nc(C)c(C(=O)Nc3ccc(N4C[C@H](C)O[C@@H](C)C4)nc3)s2)o1. The Morgan fingerprint density at radius 1 is 1.17 bits per heavy atom. The van der Waals surface area contributed by atoms with E-state index in [0.29, 0.717) is 27.0 Å². The summed E-state index contributed by atoms with van der Waals surface area (Å²) < 4.78 is 11.4. The van der Waals surface area contributed by atoms with E-state index in [1.165, 1.54) is 11.3 Å². The molecule has 0 aromatic carbocycles. The summed E-state index contributed by atoms with van der Waals surface area (Å²) >= 11 is 1.32. The molecule has 1 fully saturated rings. The molecule has 1 N–H and O–H groups in total. The summed E-state index contributed by atoms with van der Waals surface area (Å²) in [5.74, 6) is 2.18. The fourth-order valence-electron chi connectivity index (χ4n) is 3.46. The lowest BCUT2D eigenvalue weighted by molar-refractivity contribution is -0.00545. The summed E-state index contributed by atoms with van der Waals surface area (Å²) in [6.07, 6.45) is 2.02. The third-order valence-electron chi connectivity index (χ3n) is 4.70. The van der Waals surface area contributed by atoms with Crippen LogP contribution in [0.2, 0.25) is 0 Å². The minimum atomic E-state index is -0.197. The molecule has 1 aliphatic heterocycles. The molecule has 0 saturated carbocycles. The number of nitrogens with one attached hydrogen (secondary N) is 1. The van der Waals surface area contributed by atoms with Gasteiger partial charge in [0.25, 0.3) is 5.91 Å². The Kier molecular flexibility index (Phi) is 5.38. The summed E-state index contributed by atoms with van der Waals surface area (Å²) in [6, 6.07) is 7.55. The van der Waals surface area contributed by atoms with Gasteiger partial charge in [0.15, 0.2) is 10.8 Å². The molecule has 1 aliphatic rings. The highest BCUT2D eigenvalue weighted by Crippen LogP contribution is 2.30. The van der Waals surface area contributed by atoms with E-state index >= 15 is 0 Å². The van der Waals surface area contributed by atoms with Crippen LogP contribution in [0, 0.1) is 13.8 Å². The number of carbonyl (C=O) groups excluding carboxylic acids is 1. The standard InChI is InChI=1S/C21H24N4O3S/c1-12-5-7-17(28-12)21-23-15(4)19(29-21)20(26)24-16-6-8-18(22-9-16)25-10-13(2)27-14(3)11-25/h5-9,13-14H,10-11H2,1-4H3,(H,24,26)/t13-,14-/m0/s1. The van der Waals surface area contributed by atoms with Crippen LogP contribution in [0.5, 0.6) is 0 Å². The van der Waals surface area contributed by atoms with Crippen molar-refractivity contribution in [3.8, 4) is 10.8 Å². The van der Waals surface area contributed by atoms with Gasteiger partial charge in [0, 0.05) is 13.1 Å². The number of hydrogen-bond acceptors (Lipinski definition) is 7. The van der Waals surface area contributed by atoms with Gasteiger partial charge in [-0.15, -0.1) is 11.3 Å². The molecule has 7 nitrogen and oxygen atoms in total. The van der Waals surface area contributed by atoms with Crippen LogP contribution in [0.3, 0.4) is 0 Å². The van der Waals surface area contributed by atoms with Gasteiger partial charge in [0.1, 0.15) is 16.5 Å². The Balaban J connectivity index is 1.45. The van der Waals surface area contributed by atoms with Crippen LogP contribution < -0.4 is 10.2 Å². The minimum Gasteiger partial charge on any atom is -0.459 e. The number of anilines is 2. The summed E-state index contributed by atoms with van der Waals surface area (Å²) in [7, 11) is 0. The van der Waals surface area contributed by atoms with Crippen molar-refractivity contribution in [2.45, 2.75) is 39.9 Å². The van der Waals surface area contributed by atoms with E-state index in [1.54, 1.807) is 6.20 Å². The normalized spacial score (nSPS) is 19.4. The Morgan fingerprint density at radius 2 is 1.93 bits per heavy atom. The molecule has 3 aromatic rings. The number of hydrogen-bond donors (Lipinski definition) is 1. The number of pyridine rings is 1. The molecule has 29 heavy (non-hydrogen) atoms. The van der Waals surface area contributed by atoms with Crippen molar-refractivity contribution in [3.63, 3.8) is 0 Å². The van der Waals surface area contributed by atoms with Crippen molar-refractivity contribution in [1.29, 1.82) is 0 Å². The molecule has 0 radical (unpaired) electrons. The maximum atomic E-state index is 12.7. The number of aryl methyl sites for hydroxylation is 2. The van der Waals surface area contributed by atoms with Crippen LogP contribution in [-0.2, 0) is 4.74 Å². The molecule has 8 heteroatoms. The summed E-state index contributed by atoms with van der Waals surface area (Å²) in [4.78, 5) is 24.5. The Labute approximate surface area is 173 Å². The molecule has 2 atom stereocenters. The zero-order chi connectivity index (χ0) is 20.5. The molecule has 0 spiro atoms. The zero-order valence-electron chi connectivity index (χ0n) is 16.9. The maximum absolute atomic E-state index is 12.7. The number of amides is 1. The van der Waals surface area contributed by atoms with Gasteiger partial charge in [-0.3, -0.25) is 4.79 Å². The van der Waals surface area contributed by atoms with Crippen molar-refractivity contribution < 1.29 is 13.9 Å². The fraction of sp³-hybridized carbons (Fsp3) is 0.381. The minimum absolute atomic E-state index is 0.168. The van der Waals surface area contributed by atoms with Gasteiger partial charge in [-0.05, 0) is 52.0 Å². The van der Waals surface area contributed by atoms with Gasteiger partial charge in [-0.25, -0.2) is 9.97 Å². The first kappa shape index (κ1) is 19.6. The van der Waals surface area contributed by atoms with Gasteiger partial charge in [0.2, 0.25) is 0 Å². The molecule has 4 rings (SSSR count). The van der Waals surface area contributed by atoms with Gasteiger partial charge < -0.3 is 19.4 Å². The first-order chi connectivity index (χ1) is 13.9. The number of rotatable bonds is 4. The highest BCUT2D eigenvalue weighted by molar-refractivity contribution is 7.17. The molecule has 0 unspecified atom stereocenters. The van der Waals surface area contributed by atoms with Gasteiger partial charge in [-0.1, -0.05) is 0 Å². The lowest BCUT2D eigenvalue weighted by Crippen LogP contribution is -2.45. The number of furan rings is 1. The fourth-order valence-corrected chi connectivity index (χ4v) is 4.39. The van der Waals surface area contributed by atoms with E-state index in [4.69, 9.17) is 9.15 Å². The molecular formula is C21H24N4O3S. The van der Waals surface area contributed by atoms with Crippen molar-refractivity contribution in [2.75, 3.05) is 23.3 Å². The summed E-state index contributed by atoms with van der Waals surface area (Å²) in [5.41, 5.74) is 1.33. The molecule has 1 amide bonds. The van der Waals surface area contributed by atoms with Crippen LogP contribution in [0.4, 0.5) is 11.5 Å². The van der Waals surface area contributed by atoms with Crippen LogP contribution in [0.15, 0.2) is 34.9 Å². The van der Waals surface area contributed by atoms with Gasteiger partial charge in [-0.2, -0.15) is 0 Å². The van der Waals surface area contributed by atoms with E-state index in [9.17, 15) is 4.79 Å². The first-order valence-corrected chi connectivity index (χ1v) is 10.4. The smallest absolute Gasteiger partial charge is 0.267 e. The third kappa shape index (κ3) is 4.33. The second kappa shape index (κ2) is 7.96. The zero-order valence-corrected chi connectivity index (χ0v) is 17.7. The van der Waals surface area contributed by atoms with Crippen molar-refractivity contribution in [1.82, 2.24) is 9.97 Å². The van der Waals surface area contributed by atoms with Gasteiger partial charge in [0.05, 0.1) is 29.8 Å². The topological polar surface area (TPSA) is 80.5 Å². The molecule has 3 aromatic heterocycles. The van der Waals surface area contributed by atoms with E-state index in [0.717, 1.165) is 24.7 Å². The Hall–Kier alpha value is -2.71. The van der Waals surface area contributed by atoms with Crippen LogP contribution in [0.25, 0.3) is 10.8 Å². The van der Waals surface area contributed by atoms with E-state index < -0.39 is 0 Å². The van der Waals surface area contributed by atoms with Crippen LogP contribution in [-0.4, -0.2) is 41.2 Å². The Morgan fingerprint density at radius 3 is 2.55 bits per heavy atom. The van der Waals surface area contributed by atoms with Crippen molar-refractivity contribution in [2.24, 2.45) is 0 Å². The van der Waals surface area contributed by atoms with Crippen LogP contribution >= 0.6 is 11.3 Å². The van der Waals surface area contributed by atoms with Crippen molar-refractivity contribution >= 4 is 28.7 Å². The molecule has 0 bridgehead atoms. The number of carbonyl (C=O) groups is 1. The van der Waals surface area contributed by atoms with Crippen LogP contribution in [0.1, 0.15) is 35.0 Å². The van der Waals surface area contributed by atoms with Gasteiger partial charge >= 0.3 is 0 Å². The number of morpholine rings is 1.